The van der Waals surface area contributed by atoms with E-state index < -0.39 is 0 Å². The molecule has 3 heterocycles. The van der Waals surface area contributed by atoms with Crippen molar-refractivity contribution in [1.29, 1.82) is 0 Å². The standard InChI is InChI=1S/C29H27N5O2/c30-27-24-16-36-15-23(24)22-9-5-17(11-25(22)33-27)14-34(26-10-8-18-3-1-2-4-21(18)26)29(35)20-12-31-28(32-13-20)19-6-7-19/h1-5,9,11-13,19,26H,6-8,10,14-16H2,(H2,30,33). The molecule has 1 aliphatic heterocycles. The van der Waals surface area contributed by atoms with Crippen LogP contribution in [0.4, 0.5) is 5.82 Å². The summed E-state index contributed by atoms with van der Waals surface area (Å²) in [6, 6.07) is 14.7. The van der Waals surface area contributed by atoms with Crippen molar-refractivity contribution in [3.05, 3.63) is 94.1 Å². The van der Waals surface area contributed by atoms with Gasteiger partial charge in [0.15, 0.2) is 0 Å². The first-order valence-electron chi connectivity index (χ1n) is 12.6. The number of hydrogen-bond acceptors (Lipinski definition) is 6. The molecule has 1 amide bonds. The number of rotatable bonds is 5. The molecule has 1 atom stereocenters. The Kier molecular flexibility index (Phi) is 4.99. The highest BCUT2D eigenvalue weighted by Gasteiger charge is 2.33. The molecule has 2 N–H and O–H groups in total. The van der Waals surface area contributed by atoms with Crippen LogP contribution in [-0.4, -0.2) is 25.8 Å². The van der Waals surface area contributed by atoms with Gasteiger partial charge in [0.1, 0.15) is 11.6 Å². The summed E-state index contributed by atoms with van der Waals surface area (Å²) in [5.74, 6) is 1.78. The van der Waals surface area contributed by atoms with Crippen LogP contribution in [0.25, 0.3) is 10.9 Å². The Morgan fingerprint density at radius 3 is 2.67 bits per heavy atom. The molecule has 2 aliphatic carbocycles. The van der Waals surface area contributed by atoms with Crippen molar-refractivity contribution in [2.45, 2.75) is 57.4 Å². The number of carbonyl (C=O) groups excluding carboxylic acids is 1. The molecule has 1 saturated carbocycles. The van der Waals surface area contributed by atoms with Gasteiger partial charge in [0.25, 0.3) is 5.91 Å². The minimum absolute atomic E-state index is 0.000968. The van der Waals surface area contributed by atoms with Crippen molar-refractivity contribution >= 4 is 22.6 Å². The fourth-order valence-electron chi connectivity index (χ4n) is 5.66. The number of benzene rings is 2. The van der Waals surface area contributed by atoms with Crippen LogP contribution in [0.2, 0.25) is 0 Å². The maximum Gasteiger partial charge on any atom is 0.257 e. The SMILES string of the molecule is Nc1nc2cc(CN(C(=O)c3cnc(C4CC4)nc3)C3CCc4ccccc43)ccc2c2c1COC2. The van der Waals surface area contributed by atoms with Crippen LogP contribution in [0.1, 0.15) is 75.2 Å². The van der Waals surface area contributed by atoms with Crippen LogP contribution < -0.4 is 5.73 Å². The van der Waals surface area contributed by atoms with Crippen LogP contribution in [-0.2, 0) is 30.9 Å². The summed E-state index contributed by atoms with van der Waals surface area (Å²) >= 11 is 0. The molecule has 7 rings (SSSR count). The number of carbonyl (C=O) groups is 1. The van der Waals surface area contributed by atoms with Crippen molar-refractivity contribution in [3.63, 3.8) is 0 Å². The summed E-state index contributed by atoms with van der Waals surface area (Å²) in [6.07, 6.45) is 7.52. The molecule has 4 aromatic rings. The molecule has 7 nitrogen and oxygen atoms in total. The molecule has 7 heteroatoms. The second-order valence-corrected chi connectivity index (χ2v) is 10.1. The Bertz CT molecular complexity index is 1500. The van der Waals surface area contributed by atoms with E-state index in [2.05, 4.69) is 57.4 Å². The number of amides is 1. The largest absolute Gasteiger partial charge is 0.383 e. The molecule has 0 bridgehead atoms. The van der Waals surface area contributed by atoms with Crippen molar-refractivity contribution in [2.75, 3.05) is 5.73 Å². The van der Waals surface area contributed by atoms with Gasteiger partial charge in [-0.1, -0.05) is 36.4 Å². The molecule has 3 aliphatic rings. The predicted octanol–water partition coefficient (Wildman–Crippen LogP) is 4.84. The first-order chi connectivity index (χ1) is 17.7. The van der Waals surface area contributed by atoms with Gasteiger partial charge in [0.05, 0.1) is 30.3 Å². The van der Waals surface area contributed by atoms with E-state index >= 15 is 0 Å². The number of nitrogens with zero attached hydrogens (tertiary/aromatic N) is 4. The fourth-order valence-corrected chi connectivity index (χ4v) is 5.66. The summed E-state index contributed by atoms with van der Waals surface area (Å²) in [7, 11) is 0. The van der Waals surface area contributed by atoms with Crippen LogP contribution >= 0.6 is 0 Å². The van der Waals surface area contributed by atoms with Crippen molar-refractivity contribution in [1.82, 2.24) is 19.9 Å². The number of anilines is 1. The van der Waals surface area contributed by atoms with Crippen molar-refractivity contribution in [3.8, 4) is 0 Å². The molecule has 1 unspecified atom stereocenters. The van der Waals surface area contributed by atoms with Crippen LogP contribution in [0.3, 0.4) is 0 Å². The third kappa shape index (κ3) is 3.62. The average Bonchev–Trinajstić information content (AvgIpc) is 3.47. The average molecular weight is 478 g/mol. The highest BCUT2D eigenvalue weighted by molar-refractivity contribution is 5.94. The summed E-state index contributed by atoms with van der Waals surface area (Å²) in [5, 5.41) is 1.06. The highest BCUT2D eigenvalue weighted by atomic mass is 16.5. The highest BCUT2D eigenvalue weighted by Crippen LogP contribution is 2.39. The van der Waals surface area contributed by atoms with E-state index in [0.29, 0.717) is 37.1 Å². The minimum Gasteiger partial charge on any atom is -0.383 e. The van der Waals surface area contributed by atoms with Gasteiger partial charge in [-0.05, 0) is 54.0 Å². The van der Waals surface area contributed by atoms with Gasteiger partial charge in [-0.3, -0.25) is 4.79 Å². The Morgan fingerprint density at radius 2 is 1.83 bits per heavy atom. The lowest BCUT2D eigenvalue weighted by Gasteiger charge is -2.30. The maximum absolute atomic E-state index is 13.9. The number of ether oxygens (including phenoxy) is 1. The number of aryl methyl sites for hydroxylation is 1. The van der Waals surface area contributed by atoms with Crippen LogP contribution in [0.15, 0.2) is 54.9 Å². The van der Waals surface area contributed by atoms with Crippen LogP contribution in [0.5, 0.6) is 0 Å². The zero-order chi connectivity index (χ0) is 24.2. The fraction of sp³-hybridized carbons (Fsp3) is 0.310. The number of pyridine rings is 1. The topological polar surface area (TPSA) is 94.2 Å². The first-order valence-corrected chi connectivity index (χ1v) is 12.6. The van der Waals surface area contributed by atoms with E-state index in [9.17, 15) is 4.79 Å². The Morgan fingerprint density at radius 1 is 1.03 bits per heavy atom. The lowest BCUT2D eigenvalue weighted by atomic mass is 10.0. The minimum atomic E-state index is -0.0472. The summed E-state index contributed by atoms with van der Waals surface area (Å²) < 4.78 is 5.62. The Balaban J connectivity index is 1.26. The van der Waals surface area contributed by atoms with Gasteiger partial charge < -0.3 is 15.4 Å². The molecular formula is C29H27N5O2. The quantitative estimate of drug-likeness (QED) is 0.442. The second kappa shape index (κ2) is 8.38. The van der Waals surface area contributed by atoms with E-state index in [-0.39, 0.29) is 11.9 Å². The molecular weight excluding hydrogens is 450 g/mol. The lowest BCUT2D eigenvalue weighted by Crippen LogP contribution is -2.34. The van der Waals surface area contributed by atoms with Gasteiger partial charge in [-0.15, -0.1) is 0 Å². The van der Waals surface area contributed by atoms with E-state index in [0.717, 1.165) is 59.1 Å². The number of aromatic nitrogens is 3. The third-order valence-corrected chi connectivity index (χ3v) is 7.75. The van der Waals surface area contributed by atoms with Gasteiger partial charge in [0, 0.05) is 35.8 Å². The molecule has 0 spiro atoms. The van der Waals surface area contributed by atoms with Gasteiger partial charge in [-0.2, -0.15) is 0 Å². The summed E-state index contributed by atoms with van der Waals surface area (Å²) in [4.78, 5) is 29.6. The smallest absolute Gasteiger partial charge is 0.257 e. The van der Waals surface area contributed by atoms with Crippen molar-refractivity contribution < 1.29 is 9.53 Å². The van der Waals surface area contributed by atoms with Gasteiger partial charge in [0.2, 0.25) is 0 Å². The summed E-state index contributed by atoms with van der Waals surface area (Å²) in [6.45, 7) is 1.53. The van der Waals surface area contributed by atoms with Gasteiger partial charge >= 0.3 is 0 Å². The molecule has 2 aromatic carbocycles. The molecule has 0 radical (unpaired) electrons. The Hall–Kier alpha value is -3.84. The number of nitrogens with two attached hydrogens (primary N) is 1. The first kappa shape index (κ1) is 21.4. The zero-order valence-corrected chi connectivity index (χ0v) is 20.0. The van der Waals surface area contributed by atoms with E-state index in [1.54, 1.807) is 12.4 Å². The Labute approximate surface area is 209 Å². The number of fused-ring (bicyclic) bond motifs is 4. The van der Waals surface area contributed by atoms with E-state index in [1.807, 2.05) is 4.90 Å². The monoisotopic (exact) mass is 477 g/mol. The number of hydrogen-bond donors (Lipinski definition) is 1. The lowest BCUT2D eigenvalue weighted by molar-refractivity contribution is 0.0657. The maximum atomic E-state index is 13.9. The normalized spacial score (nSPS) is 18.3. The summed E-state index contributed by atoms with van der Waals surface area (Å²) in [5.41, 5.74) is 13.3. The number of nitrogen functional groups attached to an aromatic ring is 1. The molecule has 2 aromatic heterocycles. The predicted molar refractivity (Wildman–Crippen MR) is 136 cm³/mol. The third-order valence-electron chi connectivity index (χ3n) is 7.75. The molecule has 36 heavy (non-hydrogen) atoms. The molecule has 180 valence electrons. The van der Waals surface area contributed by atoms with E-state index in [1.165, 1.54) is 11.1 Å². The van der Waals surface area contributed by atoms with Crippen molar-refractivity contribution in [2.24, 2.45) is 0 Å². The molecule has 1 fully saturated rings. The van der Waals surface area contributed by atoms with E-state index in [4.69, 9.17) is 10.5 Å². The zero-order valence-electron chi connectivity index (χ0n) is 20.0. The van der Waals surface area contributed by atoms with Crippen LogP contribution in [0, 0.1) is 0 Å². The second-order valence-electron chi connectivity index (χ2n) is 10.1. The molecule has 0 saturated heterocycles. The van der Waals surface area contributed by atoms with Gasteiger partial charge in [-0.25, -0.2) is 15.0 Å².